The van der Waals surface area contributed by atoms with Crippen LogP contribution in [-0.2, 0) is 11.2 Å². The van der Waals surface area contributed by atoms with Gasteiger partial charge in [0, 0.05) is 6.42 Å². The van der Waals surface area contributed by atoms with Crippen LogP contribution in [0.15, 0.2) is 18.2 Å². The number of phenols is 1. The number of phenolic OH excluding ortho intramolecular Hbond substituents is 1. The van der Waals surface area contributed by atoms with Gasteiger partial charge in [-0.3, -0.25) is 4.79 Å². The summed E-state index contributed by atoms with van der Waals surface area (Å²) < 4.78 is 0. The van der Waals surface area contributed by atoms with E-state index < -0.39 is 0 Å². The third kappa shape index (κ3) is 2.55. The fourth-order valence-corrected chi connectivity index (χ4v) is 3.12. The summed E-state index contributed by atoms with van der Waals surface area (Å²) in [5, 5.41) is 10.1. The van der Waals surface area contributed by atoms with E-state index in [0.717, 1.165) is 36.0 Å². The van der Waals surface area contributed by atoms with Gasteiger partial charge in [-0.1, -0.05) is 31.5 Å². The lowest BCUT2D eigenvalue weighted by Gasteiger charge is -2.07. The van der Waals surface area contributed by atoms with Crippen molar-refractivity contribution in [2.45, 2.75) is 39.5 Å². The Balaban J connectivity index is 0.000000637. The summed E-state index contributed by atoms with van der Waals surface area (Å²) in [6, 6.07) is 3.49. The number of hydrogen-bond donors (Lipinski definition) is 1. The van der Waals surface area contributed by atoms with Crippen LogP contribution in [0.1, 0.15) is 44.2 Å². The molecule has 0 saturated heterocycles. The Morgan fingerprint density at radius 3 is 2.79 bits per heavy atom. The molecule has 3 heteroatoms. The zero-order valence-electron chi connectivity index (χ0n) is 11.4. The standard InChI is InChI=1S/C14H13ClO2.C2H6/c15-14-12-6-8-2-1-3-9(16)7-11(8)10(12)4-5-13(14)17;1-2/h4-5,7-8,17H,1-3,6H2;1-2H3. The van der Waals surface area contributed by atoms with Crippen molar-refractivity contribution >= 4 is 23.0 Å². The fraction of sp³-hybridized carbons (Fsp3) is 0.438. The second-order valence-electron chi connectivity index (χ2n) is 4.78. The van der Waals surface area contributed by atoms with Gasteiger partial charge in [0.05, 0.1) is 5.02 Å². The number of ketones is 1. The molecule has 102 valence electrons. The van der Waals surface area contributed by atoms with Crippen LogP contribution in [0, 0.1) is 5.92 Å². The lowest BCUT2D eigenvalue weighted by Crippen LogP contribution is -1.96. The van der Waals surface area contributed by atoms with Gasteiger partial charge in [-0.15, -0.1) is 0 Å². The molecule has 0 spiro atoms. The van der Waals surface area contributed by atoms with Gasteiger partial charge in [-0.25, -0.2) is 0 Å². The molecule has 1 aromatic rings. The van der Waals surface area contributed by atoms with Crippen molar-refractivity contribution in [2.75, 3.05) is 0 Å². The average molecular weight is 279 g/mol. The van der Waals surface area contributed by atoms with Crippen molar-refractivity contribution in [3.63, 3.8) is 0 Å². The van der Waals surface area contributed by atoms with E-state index in [1.54, 1.807) is 12.1 Å². The van der Waals surface area contributed by atoms with Crippen molar-refractivity contribution in [3.8, 4) is 5.75 Å². The number of carbonyl (C=O) groups is 1. The first kappa shape index (κ1) is 14.1. The van der Waals surface area contributed by atoms with Crippen LogP contribution >= 0.6 is 11.6 Å². The summed E-state index contributed by atoms with van der Waals surface area (Å²) in [6.07, 6.45) is 5.25. The Morgan fingerprint density at radius 2 is 2.05 bits per heavy atom. The Morgan fingerprint density at radius 1 is 1.32 bits per heavy atom. The summed E-state index contributed by atoms with van der Waals surface area (Å²) in [5.41, 5.74) is 3.16. The van der Waals surface area contributed by atoms with E-state index in [0.29, 0.717) is 17.4 Å². The Labute approximate surface area is 119 Å². The summed E-state index contributed by atoms with van der Waals surface area (Å²) in [4.78, 5) is 11.6. The smallest absolute Gasteiger partial charge is 0.155 e. The lowest BCUT2D eigenvalue weighted by molar-refractivity contribution is -0.114. The van der Waals surface area contributed by atoms with Crippen LogP contribution < -0.4 is 0 Å². The van der Waals surface area contributed by atoms with Crippen LogP contribution in [0.2, 0.25) is 5.02 Å². The molecule has 19 heavy (non-hydrogen) atoms. The molecule has 2 nitrogen and oxygen atoms in total. The molecule has 1 atom stereocenters. The van der Waals surface area contributed by atoms with Gasteiger partial charge in [0.2, 0.25) is 0 Å². The summed E-state index contributed by atoms with van der Waals surface area (Å²) in [7, 11) is 0. The van der Waals surface area contributed by atoms with Crippen LogP contribution in [-0.4, -0.2) is 10.9 Å². The maximum atomic E-state index is 11.6. The van der Waals surface area contributed by atoms with E-state index in [2.05, 4.69) is 0 Å². The van der Waals surface area contributed by atoms with Crippen LogP contribution in [0.25, 0.3) is 5.57 Å². The van der Waals surface area contributed by atoms with Crippen LogP contribution in [0.3, 0.4) is 0 Å². The topological polar surface area (TPSA) is 37.3 Å². The molecule has 1 aromatic carbocycles. The van der Waals surface area contributed by atoms with Crippen molar-refractivity contribution in [1.82, 2.24) is 0 Å². The third-order valence-electron chi connectivity index (χ3n) is 3.72. The van der Waals surface area contributed by atoms with Crippen molar-refractivity contribution in [2.24, 2.45) is 5.92 Å². The molecule has 0 bridgehead atoms. The minimum absolute atomic E-state index is 0.133. The molecule has 0 saturated carbocycles. The van der Waals surface area contributed by atoms with Crippen LogP contribution in [0.5, 0.6) is 5.75 Å². The van der Waals surface area contributed by atoms with Crippen molar-refractivity contribution < 1.29 is 9.90 Å². The minimum atomic E-state index is 0.133. The second kappa shape index (κ2) is 5.79. The molecule has 0 heterocycles. The molecular weight excluding hydrogens is 260 g/mol. The van der Waals surface area contributed by atoms with E-state index in [4.69, 9.17) is 11.6 Å². The number of hydrogen-bond acceptors (Lipinski definition) is 2. The van der Waals surface area contributed by atoms with Gasteiger partial charge in [-0.2, -0.15) is 0 Å². The minimum Gasteiger partial charge on any atom is -0.506 e. The molecule has 0 fully saturated rings. The SMILES string of the molecule is CC.O=C1C=C2c3ccc(O)c(Cl)c3CC2CCC1. The number of aromatic hydroxyl groups is 1. The number of carbonyl (C=O) groups excluding carboxylic acids is 1. The first-order valence-electron chi connectivity index (χ1n) is 6.92. The predicted molar refractivity (Wildman–Crippen MR) is 78.5 cm³/mol. The summed E-state index contributed by atoms with van der Waals surface area (Å²) in [6.45, 7) is 4.00. The van der Waals surface area contributed by atoms with Gasteiger partial charge < -0.3 is 5.11 Å². The molecule has 2 aliphatic rings. The summed E-state index contributed by atoms with van der Waals surface area (Å²) in [5.74, 6) is 0.740. The molecule has 0 aromatic heterocycles. The molecule has 0 amide bonds. The number of allylic oxidation sites excluding steroid dienone is 2. The van der Waals surface area contributed by atoms with Gasteiger partial charge in [0.25, 0.3) is 0 Å². The molecule has 0 radical (unpaired) electrons. The van der Waals surface area contributed by atoms with E-state index in [1.165, 1.54) is 0 Å². The first-order chi connectivity index (χ1) is 9.16. The predicted octanol–water partition coefficient (Wildman–Crippen LogP) is 4.38. The van der Waals surface area contributed by atoms with Gasteiger partial charge >= 0.3 is 0 Å². The Hall–Kier alpha value is -1.28. The average Bonchev–Trinajstić information content (AvgIpc) is 2.65. The second-order valence-corrected chi connectivity index (χ2v) is 5.16. The van der Waals surface area contributed by atoms with Gasteiger partial charge in [0.1, 0.15) is 5.75 Å². The Bertz CT molecular complexity index is 532. The molecule has 0 aliphatic heterocycles. The monoisotopic (exact) mass is 278 g/mol. The molecule has 1 unspecified atom stereocenters. The lowest BCUT2D eigenvalue weighted by atomic mass is 9.96. The van der Waals surface area contributed by atoms with E-state index in [9.17, 15) is 9.90 Å². The number of fused-ring (bicyclic) bond motifs is 3. The largest absolute Gasteiger partial charge is 0.506 e. The Kier molecular flexibility index (Phi) is 4.31. The van der Waals surface area contributed by atoms with Gasteiger partial charge in [0.15, 0.2) is 5.78 Å². The highest BCUT2D eigenvalue weighted by molar-refractivity contribution is 6.33. The molecule has 3 rings (SSSR count). The highest BCUT2D eigenvalue weighted by Gasteiger charge is 2.31. The van der Waals surface area contributed by atoms with Crippen molar-refractivity contribution in [1.29, 1.82) is 0 Å². The summed E-state index contributed by atoms with van der Waals surface area (Å²) >= 11 is 6.12. The first-order valence-corrected chi connectivity index (χ1v) is 7.29. The number of halogens is 1. The van der Waals surface area contributed by atoms with E-state index in [-0.39, 0.29) is 11.5 Å². The molecule has 2 aliphatic carbocycles. The van der Waals surface area contributed by atoms with E-state index in [1.807, 2.05) is 19.9 Å². The van der Waals surface area contributed by atoms with Gasteiger partial charge in [-0.05, 0) is 54.0 Å². The fourth-order valence-electron chi connectivity index (χ4n) is 2.88. The van der Waals surface area contributed by atoms with Crippen molar-refractivity contribution in [3.05, 3.63) is 34.4 Å². The quantitative estimate of drug-likeness (QED) is 0.765. The normalized spacial score (nSPS) is 20.7. The highest BCUT2D eigenvalue weighted by Crippen LogP contribution is 2.46. The maximum Gasteiger partial charge on any atom is 0.155 e. The third-order valence-corrected chi connectivity index (χ3v) is 4.14. The highest BCUT2D eigenvalue weighted by atomic mass is 35.5. The number of rotatable bonds is 0. The van der Waals surface area contributed by atoms with E-state index >= 15 is 0 Å². The molecule has 1 N–H and O–H groups in total. The molecular formula is C16H19ClO2. The number of benzene rings is 1. The van der Waals surface area contributed by atoms with Crippen LogP contribution in [0.4, 0.5) is 0 Å². The zero-order chi connectivity index (χ0) is 14.0. The zero-order valence-corrected chi connectivity index (χ0v) is 12.1. The maximum absolute atomic E-state index is 11.6.